The Kier molecular flexibility index (Phi) is 4.80. The van der Waals surface area contributed by atoms with Gasteiger partial charge in [-0.15, -0.1) is 0 Å². The molecule has 19 heavy (non-hydrogen) atoms. The van der Waals surface area contributed by atoms with E-state index >= 15 is 0 Å². The second-order valence-electron chi connectivity index (χ2n) is 4.46. The van der Waals surface area contributed by atoms with E-state index in [1.807, 2.05) is 13.8 Å². The van der Waals surface area contributed by atoms with Crippen LogP contribution in [0.1, 0.15) is 42.6 Å². The van der Waals surface area contributed by atoms with E-state index < -0.39 is 17.6 Å². The molecule has 1 aromatic carbocycles. The molecule has 0 saturated heterocycles. The van der Waals surface area contributed by atoms with Crippen LogP contribution >= 0.6 is 0 Å². The zero-order valence-electron chi connectivity index (χ0n) is 10.8. The number of alkyl halides is 3. The van der Waals surface area contributed by atoms with Crippen molar-refractivity contribution in [1.82, 2.24) is 5.32 Å². The molecular weight excluding hydrogens is 257 g/mol. The average molecular weight is 274 g/mol. The maximum Gasteiger partial charge on any atom is 0.418 e. The fraction of sp³-hybridized carbons (Fsp3) is 0.462. The van der Waals surface area contributed by atoms with Crippen molar-refractivity contribution in [2.75, 3.05) is 5.73 Å². The molecule has 0 radical (unpaired) electrons. The lowest BCUT2D eigenvalue weighted by Crippen LogP contribution is -2.32. The van der Waals surface area contributed by atoms with Crippen molar-refractivity contribution in [3.8, 4) is 0 Å². The summed E-state index contributed by atoms with van der Waals surface area (Å²) >= 11 is 0. The molecule has 1 amide bonds. The van der Waals surface area contributed by atoms with Gasteiger partial charge in [0.1, 0.15) is 0 Å². The molecule has 0 fully saturated rings. The number of nitrogen functional groups attached to an aromatic ring is 1. The lowest BCUT2D eigenvalue weighted by atomic mass is 10.1. The van der Waals surface area contributed by atoms with E-state index in [1.165, 1.54) is 6.07 Å². The summed E-state index contributed by atoms with van der Waals surface area (Å²) in [6.45, 7) is 3.77. The summed E-state index contributed by atoms with van der Waals surface area (Å²) in [7, 11) is 0. The first kappa shape index (κ1) is 15.3. The van der Waals surface area contributed by atoms with Crippen molar-refractivity contribution in [3.05, 3.63) is 29.3 Å². The van der Waals surface area contributed by atoms with E-state index in [0.717, 1.165) is 25.0 Å². The molecule has 106 valence electrons. The minimum Gasteiger partial charge on any atom is -0.398 e. The van der Waals surface area contributed by atoms with Gasteiger partial charge in [-0.3, -0.25) is 4.79 Å². The Hall–Kier alpha value is -1.72. The van der Waals surface area contributed by atoms with Crippen molar-refractivity contribution in [2.24, 2.45) is 0 Å². The molecule has 1 rings (SSSR count). The first-order valence-electron chi connectivity index (χ1n) is 6.03. The number of carbonyl (C=O) groups is 1. The van der Waals surface area contributed by atoms with Crippen LogP contribution in [0.2, 0.25) is 0 Å². The highest BCUT2D eigenvalue weighted by Gasteiger charge is 2.33. The summed E-state index contributed by atoms with van der Waals surface area (Å²) in [6, 6.07) is 3.09. The summed E-state index contributed by atoms with van der Waals surface area (Å²) < 4.78 is 38.0. The smallest absolute Gasteiger partial charge is 0.398 e. The third-order valence-electron chi connectivity index (χ3n) is 2.72. The monoisotopic (exact) mass is 274 g/mol. The Morgan fingerprint density at radius 1 is 1.42 bits per heavy atom. The van der Waals surface area contributed by atoms with Gasteiger partial charge in [0.15, 0.2) is 0 Å². The van der Waals surface area contributed by atoms with Crippen LogP contribution in [0.3, 0.4) is 0 Å². The second kappa shape index (κ2) is 5.95. The Bertz CT molecular complexity index is 458. The third kappa shape index (κ3) is 4.15. The minimum absolute atomic E-state index is 0.0375. The summed E-state index contributed by atoms with van der Waals surface area (Å²) in [6.07, 6.45) is -2.90. The van der Waals surface area contributed by atoms with E-state index in [9.17, 15) is 18.0 Å². The Morgan fingerprint density at radius 3 is 2.58 bits per heavy atom. The molecule has 0 spiro atoms. The van der Waals surface area contributed by atoms with Crippen molar-refractivity contribution in [2.45, 2.75) is 38.9 Å². The number of halogens is 3. The quantitative estimate of drug-likeness (QED) is 0.828. The second-order valence-corrected chi connectivity index (χ2v) is 4.46. The van der Waals surface area contributed by atoms with Crippen LogP contribution < -0.4 is 11.1 Å². The van der Waals surface area contributed by atoms with Crippen molar-refractivity contribution in [1.29, 1.82) is 0 Å². The number of anilines is 1. The van der Waals surface area contributed by atoms with E-state index in [2.05, 4.69) is 5.32 Å². The van der Waals surface area contributed by atoms with Gasteiger partial charge >= 0.3 is 6.18 Å². The van der Waals surface area contributed by atoms with Crippen LogP contribution in [0, 0.1) is 0 Å². The molecule has 0 bridgehead atoms. The van der Waals surface area contributed by atoms with Gasteiger partial charge in [-0.25, -0.2) is 0 Å². The van der Waals surface area contributed by atoms with Crippen LogP contribution in [-0.2, 0) is 6.18 Å². The molecule has 0 aliphatic carbocycles. The van der Waals surface area contributed by atoms with Crippen molar-refractivity contribution >= 4 is 11.6 Å². The van der Waals surface area contributed by atoms with Gasteiger partial charge < -0.3 is 11.1 Å². The van der Waals surface area contributed by atoms with Crippen LogP contribution in [0.15, 0.2) is 18.2 Å². The molecule has 1 aromatic rings. The van der Waals surface area contributed by atoms with Crippen LogP contribution in [0.25, 0.3) is 0 Å². The normalized spacial score (nSPS) is 13.1. The number of benzene rings is 1. The molecule has 1 atom stereocenters. The average Bonchev–Trinajstić information content (AvgIpc) is 2.27. The number of hydrogen-bond acceptors (Lipinski definition) is 2. The Balaban J connectivity index is 2.93. The summed E-state index contributed by atoms with van der Waals surface area (Å²) in [5, 5.41) is 2.65. The van der Waals surface area contributed by atoms with E-state index in [0.29, 0.717) is 0 Å². The molecule has 0 aliphatic rings. The number of hydrogen-bond donors (Lipinski definition) is 2. The van der Waals surface area contributed by atoms with E-state index in [-0.39, 0.29) is 17.3 Å². The molecule has 1 unspecified atom stereocenters. The topological polar surface area (TPSA) is 55.1 Å². The fourth-order valence-electron chi connectivity index (χ4n) is 1.76. The van der Waals surface area contributed by atoms with Gasteiger partial charge in [0.25, 0.3) is 5.91 Å². The highest BCUT2D eigenvalue weighted by molar-refractivity contribution is 5.95. The summed E-state index contributed by atoms with van der Waals surface area (Å²) in [5.74, 6) is -0.522. The van der Waals surface area contributed by atoms with Crippen LogP contribution in [0.4, 0.5) is 18.9 Å². The van der Waals surface area contributed by atoms with Crippen molar-refractivity contribution in [3.63, 3.8) is 0 Å². The molecule has 6 heteroatoms. The molecule has 3 nitrogen and oxygen atoms in total. The maximum atomic E-state index is 12.7. The first-order valence-corrected chi connectivity index (χ1v) is 6.03. The maximum absolute atomic E-state index is 12.7. The molecular formula is C13H17F3N2O. The van der Waals surface area contributed by atoms with Gasteiger partial charge in [-0.1, -0.05) is 13.3 Å². The highest BCUT2D eigenvalue weighted by atomic mass is 19.4. The predicted octanol–water partition coefficient (Wildman–Crippen LogP) is 3.21. The van der Waals surface area contributed by atoms with Gasteiger partial charge in [-0.2, -0.15) is 13.2 Å². The zero-order valence-corrected chi connectivity index (χ0v) is 10.8. The SMILES string of the molecule is CCCC(C)NC(=O)c1ccc(N)c(C(F)(F)F)c1. The lowest BCUT2D eigenvalue weighted by molar-refractivity contribution is -0.136. The Labute approximate surface area is 110 Å². The molecule has 0 saturated carbocycles. The van der Waals surface area contributed by atoms with Gasteiger partial charge in [-0.05, 0) is 31.5 Å². The number of nitrogens with two attached hydrogens (primary N) is 1. The lowest BCUT2D eigenvalue weighted by Gasteiger charge is -2.15. The largest absolute Gasteiger partial charge is 0.418 e. The number of amides is 1. The number of nitrogens with one attached hydrogen (secondary N) is 1. The molecule has 0 heterocycles. The van der Waals surface area contributed by atoms with Crippen molar-refractivity contribution < 1.29 is 18.0 Å². The first-order chi connectivity index (χ1) is 8.75. The number of carbonyl (C=O) groups excluding carboxylic acids is 1. The third-order valence-corrected chi connectivity index (χ3v) is 2.72. The van der Waals surface area contributed by atoms with E-state index in [4.69, 9.17) is 5.73 Å². The molecule has 0 aromatic heterocycles. The standard InChI is InChI=1S/C13H17F3N2O/c1-3-4-8(2)18-12(19)9-5-6-11(17)10(7-9)13(14,15)16/h5-8H,3-4,17H2,1-2H3,(H,18,19). The highest BCUT2D eigenvalue weighted by Crippen LogP contribution is 2.33. The van der Waals surface area contributed by atoms with Crippen LogP contribution in [0.5, 0.6) is 0 Å². The minimum atomic E-state index is -4.56. The number of rotatable bonds is 4. The summed E-state index contributed by atoms with van der Waals surface area (Å²) in [5.41, 5.74) is 3.87. The summed E-state index contributed by atoms with van der Waals surface area (Å²) in [4.78, 5) is 11.8. The van der Waals surface area contributed by atoms with Gasteiger partial charge in [0.2, 0.25) is 0 Å². The molecule has 0 aliphatic heterocycles. The van der Waals surface area contributed by atoms with Gasteiger partial charge in [0.05, 0.1) is 5.56 Å². The fourth-order valence-corrected chi connectivity index (χ4v) is 1.76. The Morgan fingerprint density at radius 2 is 2.05 bits per heavy atom. The van der Waals surface area contributed by atoms with Gasteiger partial charge in [0, 0.05) is 17.3 Å². The van der Waals surface area contributed by atoms with E-state index in [1.54, 1.807) is 0 Å². The zero-order chi connectivity index (χ0) is 14.6. The van der Waals surface area contributed by atoms with Crippen LogP contribution in [-0.4, -0.2) is 11.9 Å². The molecule has 3 N–H and O–H groups in total. The predicted molar refractivity (Wildman–Crippen MR) is 67.7 cm³/mol.